The normalized spacial score (nSPS) is 12.0. The van der Waals surface area contributed by atoms with Gasteiger partial charge in [0.25, 0.3) is 5.91 Å². The summed E-state index contributed by atoms with van der Waals surface area (Å²) in [4.78, 5) is 17.7. The van der Waals surface area contributed by atoms with Crippen LogP contribution in [0.4, 0.5) is 0 Å². The van der Waals surface area contributed by atoms with Crippen molar-refractivity contribution in [1.82, 2.24) is 4.57 Å². The summed E-state index contributed by atoms with van der Waals surface area (Å²) < 4.78 is 3.38. The molecule has 130 valence electrons. The number of aromatic nitrogens is 1. The number of aryl methyl sites for hydroxylation is 2. The summed E-state index contributed by atoms with van der Waals surface area (Å²) in [6.07, 6.45) is 3.46. The van der Waals surface area contributed by atoms with Crippen molar-refractivity contribution < 1.29 is 4.79 Å². The van der Waals surface area contributed by atoms with Gasteiger partial charge in [-0.1, -0.05) is 54.7 Å². The molecule has 3 rings (SSSR count). The van der Waals surface area contributed by atoms with Gasteiger partial charge in [0.05, 0.1) is 16.6 Å². The van der Waals surface area contributed by atoms with E-state index in [1.54, 1.807) is 23.1 Å². The van der Waals surface area contributed by atoms with Crippen LogP contribution in [0.25, 0.3) is 10.2 Å². The minimum absolute atomic E-state index is 0.0913. The lowest BCUT2D eigenvalue weighted by atomic mass is 10.1. The largest absolute Gasteiger partial charge is 0.316 e. The van der Waals surface area contributed by atoms with Crippen molar-refractivity contribution in [1.29, 1.82) is 0 Å². The third-order valence-electron chi connectivity index (χ3n) is 4.09. The van der Waals surface area contributed by atoms with Crippen LogP contribution in [0.5, 0.6) is 0 Å². The van der Waals surface area contributed by atoms with Gasteiger partial charge in [-0.15, -0.1) is 0 Å². The lowest BCUT2D eigenvalue weighted by molar-refractivity contribution is -0.117. The molecule has 3 nitrogen and oxygen atoms in total. The van der Waals surface area contributed by atoms with Crippen LogP contribution in [0.1, 0.15) is 18.1 Å². The number of nitrogens with zero attached hydrogens (tertiary/aromatic N) is 2. The maximum absolute atomic E-state index is 12.4. The van der Waals surface area contributed by atoms with E-state index in [1.807, 2.05) is 30.3 Å². The Morgan fingerprint density at radius 1 is 1.16 bits per heavy atom. The zero-order valence-electron chi connectivity index (χ0n) is 14.6. The van der Waals surface area contributed by atoms with E-state index < -0.39 is 0 Å². The van der Waals surface area contributed by atoms with Crippen molar-refractivity contribution in [3.8, 4) is 0 Å². The molecular weight excluding hydrogens is 348 g/mol. The predicted molar refractivity (Wildman–Crippen MR) is 108 cm³/mol. The second kappa shape index (κ2) is 8.50. The van der Waals surface area contributed by atoms with Crippen molar-refractivity contribution in [3.05, 3.63) is 64.5 Å². The molecule has 0 bridgehead atoms. The average Bonchev–Trinajstić information content (AvgIpc) is 2.96. The summed E-state index contributed by atoms with van der Waals surface area (Å²) in [5.74, 6) is 0.910. The molecule has 25 heavy (non-hydrogen) atoms. The zero-order valence-corrected chi connectivity index (χ0v) is 16.2. The van der Waals surface area contributed by atoms with Gasteiger partial charge in [-0.25, -0.2) is 0 Å². The Kier molecular flexibility index (Phi) is 6.10. The molecule has 0 aliphatic heterocycles. The smallest absolute Gasteiger partial charge is 0.252 e. The maximum Gasteiger partial charge on any atom is 0.252 e. The fourth-order valence-corrected chi connectivity index (χ4v) is 4.24. The van der Waals surface area contributed by atoms with Crippen molar-refractivity contribution in [2.75, 3.05) is 12.0 Å². The molecule has 0 unspecified atom stereocenters. The fourth-order valence-electron chi connectivity index (χ4n) is 2.74. The molecule has 0 saturated heterocycles. The molecule has 0 atom stereocenters. The first-order chi connectivity index (χ1) is 12.2. The number of carbonyl (C=O) groups excluding carboxylic acids is 1. The van der Waals surface area contributed by atoms with Gasteiger partial charge in [0, 0.05) is 12.3 Å². The Balaban J connectivity index is 1.99. The van der Waals surface area contributed by atoms with Gasteiger partial charge in [-0.05, 0) is 35.9 Å². The second-order valence-electron chi connectivity index (χ2n) is 5.85. The standard InChI is InChI=1S/C20H22N2OS2/c1-3-15-9-10-17-18(13-15)25-20(22(17)11-12-24-2)21-19(23)14-16-7-5-4-6-8-16/h4-10,13H,3,11-12,14H2,1-2H3. The third kappa shape index (κ3) is 4.41. The zero-order chi connectivity index (χ0) is 17.6. The summed E-state index contributed by atoms with van der Waals surface area (Å²) in [5, 5.41) is 0. The van der Waals surface area contributed by atoms with E-state index in [2.05, 4.69) is 40.9 Å². The number of fused-ring (bicyclic) bond motifs is 1. The molecule has 0 N–H and O–H groups in total. The third-order valence-corrected chi connectivity index (χ3v) is 5.72. The number of hydrogen-bond donors (Lipinski definition) is 0. The predicted octanol–water partition coefficient (Wildman–Crippen LogP) is 4.30. The number of carbonyl (C=O) groups is 1. The fraction of sp³-hybridized carbons (Fsp3) is 0.300. The molecular formula is C20H22N2OS2. The molecule has 1 aromatic heterocycles. The number of benzene rings is 2. The van der Waals surface area contributed by atoms with Crippen LogP contribution in [0.3, 0.4) is 0 Å². The Bertz CT molecular complexity index is 926. The summed E-state index contributed by atoms with van der Waals surface area (Å²) >= 11 is 3.41. The van der Waals surface area contributed by atoms with Crippen LogP contribution in [0, 0.1) is 0 Å². The van der Waals surface area contributed by atoms with Crippen LogP contribution in [-0.2, 0) is 24.2 Å². The number of rotatable bonds is 6. The minimum Gasteiger partial charge on any atom is -0.316 e. The van der Waals surface area contributed by atoms with E-state index in [1.165, 1.54) is 15.8 Å². The van der Waals surface area contributed by atoms with Crippen molar-refractivity contribution >= 4 is 39.2 Å². The summed E-state index contributed by atoms with van der Waals surface area (Å²) in [6.45, 7) is 3.02. The van der Waals surface area contributed by atoms with E-state index in [-0.39, 0.29) is 5.91 Å². The molecule has 0 radical (unpaired) electrons. The minimum atomic E-state index is -0.0913. The molecule has 5 heteroatoms. The SMILES string of the molecule is CCc1ccc2c(c1)sc(=NC(=O)Cc1ccccc1)n2CCSC. The summed E-state index contributed by atoms with van der Waals surface area (Å²) in [7, 11) is 0. The Morgan fingerprint density at radius 3 is 2.68 bits per heavy atom. The van der Waals surface area contributed by atoms with Gasteiger partial charge in [-0.2, -0.15) is 16.8 Å². The molecule has 0 fully saturated rings. The van der Waals surface area contributed by atoms with Gasteiger partial charge in [0.2, 0.25) is 0 Å². The number of thioether (sulfide) groups is 1. The molecule has 0 aliphatic rings. The summed E-state index contributed by atoms with van der Waals surface area (Å²) in [5.41, 5.74) is 3.48. The Labute approximate surface area is 156 Å². The van der Waals surface area contributed by atoms with E-state index in [4.69, 9.17) is 0 Å². The van der Waals surface area contributed by atoms with E-state index in [0.717, 1.165) is 29.1 Å². The highest BCUT2D eigenvalue weighted by molar-refractivity contribution is 7.98. The molecule has 2 aromatic carbocycles. The van der Waals surface area contributed by atoms with E-state index in [9.17, 15) is 4.79 Å². The molecule has 0 spiro atoms. The van der Waals surface area contributed by atoms with Crippen LogP contribution < -0.4 is 4.80 Å². The van der Waals surface area contributed by atoms with Gasteiger partial charge >= 0.3 is 0 Å². The Hall–Kier alpha value is -1.85. The highest BCUT2D eigenvalue weighted by Crippen LogP contribution is 2.20. The van der Waals surface area contributed by atoms with Crippen molar-refractivity contribution in [2.24, 2.45) is 4.99 Å². The van der Waals surface area contributed by atoms with Gasteiger partial charge < -0.3 is 4.57 Å². The molecule has 3 aromatic rings. The van der Waals surface area contributed by atoms with Crippen LogP contribution in [0.15, 0.2) is 53.5 Å². The van der Waals surface area contributed by atoms with Gasteiger partial charge in [0.15, 0.2) is 4.80 Å². The first kappa shape index (κ1) is 18.0. The van der Waals surface area contributed by atoms with Crippen LogP contribution in [0.2, 0.25) is 0 Å². The average molecular weight is 371 g/mol. The Morgan fingerprint density at radius 2 is 1.96 bits per heavy atom. The molecule has 1 heterocycles. The van der Waals surface area contributed by atoms with Gasteiger partial charge in [0.1, 0.15) is 0 Å². The van der Waals surface area contributed by atoms with Crippen molar-refractivity contribution in [2.45, 2.75) is 26.3 Å². The monoisotopic (exact) mass is 370 g/mol. The van der Waals surface area contributed by atoms with Gasteiger partial charge in [-0.3, -0.25) is 4.79 Å². The van der Waals surface area contributed by atoms with E-state index >= 15 is 0 Å². The van der Waals surface area contributed by atoms with Crippen LogP contribution >= 0.6 is 23.1 Å². The van der Waals surface area contributed by atoms with E-state index in [0.29, 0.717) is 6.42 Å². The highest BCUT2D eigenvalue weighted by atomic mass is 32.2. The molecule has 0 saturated carbocycles. The molecule has 0 aliphatic carbocycles. The second-order valence-corrected chi connectivity index (χ2v) is 7.85. The number of thiazole rings is 1. The van der Waals surface area contributed by atoms with Crippen LogP contribution in [-0.4, -0.2) is 22.5 Å². The quantitative estimate of drug-likeness (QED) is 0.648. The highest BCUT2D eigenvalue weighted by Gasteiger charge is 2.09. The molecule has 1 amide bonds. The number of hydrogen-bond acceptors (Lipinski definition) is 3. The van der Waals surface area contributed by atoms with Crippen molar-refractivity contribution in [3.63, 3.8) is 0 Å². The first-order valence-electron chi connectivity index (χ1n) is 8.44. The lowest BCUT2D eigenvalue weighted by Crippen LogP contribution is -2.18. The topological polar surface area (TPSA) is 34.4 Å². The first-order valence-corrected chi connectivity index (χ1v) is 10.6. The summed E-state index contributed by atoms with van der Waals surface area (Å²) in [6, 6.07) is 16.3. The lowest BCUT2D eigenvalue weighted by Gasteiger charge is -2.04. The maximum atomic E-state index is 12.4. The number of amides is 1.